The van der Waals surface area contributed by atoms with Crippen LogP contribution >= 0.6 is 0 Å². The second-order valence-electron chi connectivity index (χ2n) is 5.43. The van der Waals surface area contributed by atoms with Gasteiger partial charge in [-0.25, -0.2) is 0 Å². The molecule has 1 aliphatic heterocycles. The molecule has 2 heterocycles. The summed E-state index contributed by atoms with van der Waals surface area (Å²) in [6, 6.07) is 4.91. The molecule has 3 nitrogen and oxygen atoms in total. The molecular weight excluding hydrogens is 212 g/mol. The Bertz CT molecular complexity index is 326. The molecule has 0 atom stereocenters. The number of hydrogen-bond acceptors (Lipinski definition) is 3. The van der Waals surface area contributed by atoms with Gasteiger partial charge in [0, 0.05) is 12.6 Å². The molecule has 1 aromatic rings. The Labute approximate surface area is 103 Å². The van der Waals surface area contributed by atoms with E-state index in [0.29, 0.717) is 0 Å². The summed E-state index contributed by atoms with van der Waals surface area (Å²) < 4.78 is 5.48. The lowest BCUT2D eigenvalue weighted by Gasteiger charge is -2.29. The first-order valence-corrected chi connectivity index (χ1v) is 6.89. The summed E-state index contributed by atoms with van der Waals surface area (Å²) in [6.07, 6.45) is 7.21. The zero-order valence-corrected chi connectivity index (χ0v) is 10.4. The molecule has 2 aliphatic rings. The van der Waals surface area contributed by atoms with Crippen molar-refractivity contribution in [2.45, 2.75) is 38.3 Å². The SMILES string of the molecule is c1coc(CN(CC2CCNCC2)C2CC2)c1. The minimum absolute atomic E-state index is 0.829. The lowest BCUT2D eigenvalue weighted by molar-refractivity contribution is 0.178. The van der Waals surface area contributed by atoms with Gasteiger partial charge in [0.15, 0.2) is 0 Å². The van der Waals surface area contributed by atoms with Crippen LogP contribution in [0.1, 0.15) is 31.4 Å². The van der Waals surface area contributed by atoms with Gasteiger partial charge >= 0.3 is 0 Å². The van der Waals surface area contributed by atoms with Gasteiger partial charge in [-0.2, -0.15) is 0 Å². The summed E-state index contributed by atoms with van der Waals surface area (Å²) in [7, 11) is 0. The fourth-order valence-corrected chi connectivity index (χ4v) is 2.78. The monoisotopic (exact) mass is 234 g/mol. The molecule has 0 bridgehead atoms. The third kappa shape index (κ3) is 3.11. The van der Waals surface area contributed by atoms with Crippen LogP contribution in [0.25, 0.3) is 0 Å². The van der Waals surface area contributed by atoms with Crippen molar-refractivity contribution in [3.05, 3.63) is 24.2 Å². The Balaban J connectivity index is 1.56. The minimum atomic E-state index is 0.829. The van der Waals surface area contributed by atoms with Crippen molar-refractivity contribution in [3.8, 4) is 0 Å². The van der Waals surface area contributed by atoms with E-state index in [1.807, 2.05) is 6.07 Å². The van der Waals surface area contributed by atoms with Crippen LogP contribution < -0.4 is 5.32 Å². The van der Waals surface area contributed by atoms with Gasteiger partial charge in [-0.15, -0.1) is 0 Å². The first-order chi connectivity index (χ1) is 8.42. The van der Waals surface area contributed by atoms with Crippen molar-refractivity contribution in [1.82, 2.24) is 10.2 Å². The zero-order chi connectivity index (χ0) is 11.5. The average Bonchev–Trinajstić information content (AvgIpc) is 3.09. The van der Waals surface area contributed by atoms with Gasteiger partial charge in [-0.1, -0.05) is 0 Å². The van der Waals surface area contributed by atoms with E-state index in [1.165, 1.54) is 45.3 Å². The van der Waals surface area contributed by atoms with Crippen molar-refractivity contribution in [1.29, 1.82) is 0 Å². The molecule has 17 heavy (non-hydrogen) atoms. The van der Waals surface area contributed by atoms with Gasteiger partial charge in [0.1, 0.15) is 5.76 Å². The fourth-order valence-electron chi connectivity index (χ4n) is 2.78. The zero-order valence-electron chi connectivity index (χ0n) is 10.4. The predicted octanol–water partition coefficient (Wildman–Crippen LogP) is 2.24. The lowest BCUT2D eigenvalue weighted by atomic mass is 9.97. The van der Waals surface area contributed by atoms with Gasteiger partial charge in [0.2, 0.25) is 0 Å². The smallest absolute Gasteiger partial charge is 0.117 e. The standard InChI is InChI=1S/C14H22N2O/c1-2-14(17-9-1)11-16(13-3-4-13)10-12-5-7-15-8-6-12/h1-2,9,12-13,15H,3-8,10-11H2. The maximum absolute atomic E-state index is 5.48. The molecule has 1 aromatic heterocycles. The third-order valence-electron chi connectivity index (χ3n) is 3.95. The average molecular weight is 234 g/mol. The van der Waals surface area contributed by atoms with Crippen LogP contribution in [0.15, 0.2) is 22.8 Å². The van der Waals surface area contributed by atoms with E-state index in [4.69, 9.17) is 4.42 Å². The largest absolute Gasteiger partial charge is 0.468 e. The van der Waals surface area contributed by atoms with Crippen LogP contribution in [-0.4, -0.2) is 30.6 Å². The number of rotatable bonds is 5. The van der Waals surface area contributed by atoms with Crippen LogP contribution in [0.3, 0.4) is 0 Å². The quantitative estimate of drug-likeness (QED) is 0.847. The number of furan rings is 1. The minimum Gasteiger partial charge on any atom is -0.468 e. The number of piperidine rings is 1. The second-order valence-corrected chi connectivity index (χ2v) is 5.43. The maximum atomic E-state index is 5.48. The molecule has 1 saturated heterocycles. The summed E-state index contributed by atoms with van der Waals surface area (Å²) in [5.41, 5.74) is 0. The van der Waals surface area contributed by atoms with E-state index in [-0.39, 0.29) is 0 Å². The lowest BCUT2D eigenvalue weighted by Crippen LogP contribution is -2.36. The molecule has 0 amide bonds. The number of nitrogens with one attached hydrogen (secondary N) is 1. The summed E-state index contributed by atoms with van der Waals surface area (Å²) >= 11 is 0. The van der Waals surface area contributed by atoms with E-state index >= 15 is 0 Å². The topological polar surface area (TPSA) is 28.4 Å². The van der Waals surface area contributed by atoms with Crippen LogP contribution in [0.2, 0.25) is 0 Å². The van der Waals surface area contributed by atoms with Crippen LogP contribution in [-0.2, 0) is 6.54 Å². The number of hydrogen-bond donors (Lipinski definition) is 1. The van der Waals surface area contributed by atoms with Gasteiger partial charge in [0.25, 0.3) is 0 Å². The highest BCUT2D eigenvalue weighted by molar-refractivity contribution is 5.00. The van der Waals surface area contributed by atoms with Crippen LogP contribution in [0.4, 0.5) is 0 Å². The molecule has 0 radical (unpaired) electrons. The highest BCUT2D eigenvalue weighted by Crippen LogP contribution is 2.30. The van der Waals surface area contributed by atoms with Gasteiger partial charge in [-0.3, -0.25) is 4.90 Å². The molecule has 1 saturated carbocycles. The van der Waals surface area contributed by atoms with Gasteiger partial charge in [0.05, 0.1) is 12.8 Å². The van der Waals surface area contributed by atoms with E-state index < -0.39 is 0 Å². The van der Waals surface area contributed by atoms with Crippen LogP contribution in [0, 0.1) is 5.92 Å². The Kier molecular flexibility index (Phi) is 3.48. The van der Waals surface area contributed by atoms with Gasteiger partial charge in [-0.05, 0) is 56.8 Å². The van der Waals surface area contributed by atoms with E-state index in [2.05, 4.69) is 16.3 Å². The second kappa shape index (κ2) is 5.23. The first-order valence-electron chi connectivity index (χ1n) is 6.89. The predicted molar refractivity (Wildman–Crippen MR) is 67.7 cm³/mol. The summed E-state index contributed by atoms with van der Waals surface area (Å²) in [5.74, 6) is 2.00. The molecule has 3 heteroatoms. The first kappa shape index (κ1) is 11.3. The molecule has 1 N–H and O–H groups in total. The van der Waals surface area contributed by atoms with Crippen LogP contribution in [0.5, 0.6) is 0 Å². The highest BCUT2D eigenvalue weighted by atomic mass is 16.3. The van der Waals surface area contributed by atoms with Crippen molar-refractivity contribution in [2.24, 2.45) is 5.92 Å². The maximum Gasteiger partial charge on any atom is 0.117 e. The summed E-state index contributed by atoms with van der Waals surface area (Å²) in [5, 5.41) is 3.44. The molecule has 0 unspecified atom stereocenters. The molecule has 3 rings (SSSR count). The van der Waals surface area contributed by atoms with Crippen molar-refractivity contribution >= 4 is 0 Å². The number of nitrogens with zero attached hydrogens (tertiary/aromatic N) is 1. The van der Waals surface area contributed by atoms with Crippen molar-refractivity contribution < 1.29 is 4.42 Å². The Morgan fingerprint density at radius 1 is 1.24 bits per heavy atom. The Morgan fingerprint density at radius 3 is 2.71 bits per heavy atom. The highest BCUT2D eigenvalue weighted by Gasteiger charge is 2.31. The Morgan fingerprint density at radius 2 is 2.06 bits per heavy atom. The van der Waals surface area contributed by atoms with Crippen molar-refractivity contribution in [2.75, 3.05) is 19.6 Å². The third-order valence-corrected chi connectivity index (χ3v) is 3.95. The normalized spacial score (nSPS) is 22.2. The van der Waals surface area contributed by atoms with E-state index in [9.17, 15) is 0 Å². The molecule has 1 aliphatic carbocycles. The van der Waals surface area contributed by atoms with E-state index in [0.717, 1.165) is 24.3 Å². The summed E-state index contributed by atoms with van der Waals surface area (Å²) in [6.45, 7) is 4.66. The molecule has 94 valence electrons. The molecule has 0 spiro atoms. The van der Waals surface area contributed by atoms with Gasteiger partial charge < -0.3 is 9.73 Å². The molecular formula is C14H22N2O. The van der Waals surface area contributed by atoms with E-state index in [1.54, 1.807) is 6.26 Å². The molecule has 0 aromatic carbocycles. The fraction of sp³-hybridized carbons (Fsp3) is 0.714. The molecule has 2 fully saturated rings. The van der Waals surface area contributed by atoms with Crippen molar-refractivity contribution in [3.63, 3.8) is 0 Å². The summed E-state index contributed by atoms with van der Waals surface area (Å²) in [4.78, 5) is 2.63. The Hall–Kier alpha value is -0.800.